The molecule has 0 saturated heterocycles. The van der Waals surface area contributed by atoms with Gasteiger partial charge in [-0.2, -0.15) is 0 Å². The van der Waals surface area contributed by atoms with Crippen LogP contribution in [0, 0.1) is 5.82 Å². The topological polar surface area (TPSA) is 88.2 Å². The molecule has 29 heavy (non-hydrogen) atoms. The summed E-state index contributed by atoms with van der Waals surface area (Å²) in [6.07, 6.45) is 0. The Morgan fingerprint density at radius 1 is 1.14 bits per heavy atom. The van der Waals surface area contributed by atoms with Crippen molar-refractivity contribution in [3.63, 3.8) is 0 Å². The minimum atomic E-state index is -3.97. The molecule has 0 saturated carbocycles. The molecule has 0 aliphatic rings. The smallest absolute Gasteiger partial charge is 0.261 e. The molecule has 3 aromatic rings. The monoisotopic (exact) mass is 433 g/mol. The highest BCUT2D eigenvalue weighted by Crippen LogP contribution is 2.20. The van der Waals surface area contributed by atoms with Crippen molar-refractivity contribution in [1.82, 2.24) is 10.3 Å². The molecule has 3 rings (SSSR count). The summed E-state index contributed by atoms with van der Waals surface area (Å²) in [5, 5.41) is 5.67. The molecule has 152 valence electrons. The molecular weight excluding hydrogens is 413 g/mol. The van der Waals surface area contributed by atoms with Crippen molar-refractivity contribution in [1.29, 1.82) is 0 Å². The quantitative estimate of drug-likeness (QED) is 0.586. The zero-order chi connectivity index (χ0) is 21.0. The van der Waals surface area contributed by atoms with E-state index < -0.39 is 15.8 Å². The van der Waals surface area contributed by atoms with Crippen LogP contribution in [0.1, 0.15) is 40.8 Å². The van der Waals surface area contributed by atoms with Gasteiger partial charge in [0.2, 0.25) is 0 Å². The number of thiazole rings is 1. The summed E-state index contributed by atoms with van der Waals surface area (Å²) in [4.78, 5) is 16.7. The standard InChI is InChI=1S/C20H20FN3O3S2/c1-13(2)20-23-15(12-28-20)11-22-19(25)14-7-9-16(10-8-14)29(26,27)24-18-6-4-3-5-17(18)21/h3-10,12-13,24H,11H2,1-2H3,(H,22,25). The highest BCUT2D eigenvalue weighted by Gasteiger charge is 2.17. The Bertz CT molecular complexity index is 1110. The molecule has 1 amide bonds. The summed E-state index contributed by atoms with van der Waals surface area (Å²) in [6, 6.07) is 10.9. The van der Waals surface area contributed by atoms with Gasteiger partial charge >= 0.3 is 0 Å². The van der Waals surface area contributed by atoms with Gasteiger partial charge in [0.15, 0.2) is 0 Å². The molecule has 0 radical (unpaired) electrons. The summed E-state index contributed by atoms with van der Waals surface area (Å²) < 4.78 is 40.7. The molecule has 1 heterocycles. The summed E-state index contributed by atoms with van der Waals surface area (Å²) in [6.45, 7) is 4.40. The van der Waals surface area contributed by atoms with Crippen LogP contribution < -0.4 is 10.0 Å². The van der Waals surface area contributed by atoms with E-state index in [0.29, 0.717) is 11.5 Å². The summed E-state index contributed by atoms with van der Waals surface area (Å²) in [5.74, 6) is -0.679. The molecule has 0 bridgehead atoms. The number of carbonyl (C=O) groups is 1. The molecular formula is C20H20FN3O3S2. The van der Waals surface area contributed by atoms with E-state index in [4.69, 9.17) is 0 Å². The Kier molecular flexibility index (Phi) is 6.29. The minimum absolute atomic E-state index is 0.0709. The van der Waals surface area contributed by atoms with Crippen LogP contribution in [-0.4, -0.2) is 19.3 Å². The second-order valence-corrected chi connectivity index (χ2v) is 9.20. The second kappa shape index (κ2) is 8.71. The van der Waals surface area contributed by atoms with Gasteiger partial charge in [0, 0.05) is 16.9 Å². The molecule has 2 aromatic carbocycles. The Morgan fingerprint density at radius 2 is 1.83 bits per heavy atom. The average Bonchev–Trinajstić information content (AvgIpc) is 3.17. The van der Waals surface area contributed by atoms with Crippen molar-refractivity contribution in [2.75, 3.05) is 4.72 Å². The Labute approximate surface area is 172 Å². The van der Waals surface area contributed by atoms with Crippen molar-refractivity contribution in [2.24, 2.45) is 0 Å². The summed E-state index contributed by atoms with van der Waals surface area (Å²) >= 11 is 1.55. The second-order valence-electron chi connectivity index (χ2n) is 6.62. The zero-order valence-electron chi connectivity index (χ0n) is 15.8. The third kappa shape index (κ3) is 5.18. The number of nitrogens with zero attached hydrogens (tertiary/aromatic N) is 1. The van der Waals surface area contributed by atoms with E-state index in [9.17, 15) is 17.6 Å². The van der Waals surface area contributed by atoms with Crippen molar-refractivity contribution < 1.29 is 17.6 Å². The van der Waals surface area contributed by atoms with Crippen LogP contribution >= 0.6 is 11.3 Å². The van der Waals surface area contributed by atoms with Crippen LogP contribution in [0.3, 0.4) is 0 Å². The van der Waals surface area contributed by atoms with E-state index in [1.54, 1.807) is 11.3 Å². The Balaban J connectivity index is 1.65. The number of rotatable bonds is 7. The lowest BCUT2D eigenvalue weighted by Gasteiger charge is -2.09. The van der Waals surface area contributed by atoms with Crippen LogP contribution in [0.4, 0.5) is 10.1 Å². The fraction of sp³-hybridized carbons (Fsp3) is 0.200. The lowest BCUT2D eigenvalue weighted by atomic mass is 10.2. The maximum absolute atomic E-state index is 13.7. The number of nitrogens with one attached hydrogen (secondary N) is 2. The van der Waals surface area contributed by atoms with Gasteiger partial charge in [0.1, 0.15) is 5.82 Å². The van der Waals surface area contributed by atoms with E-state index in [1.165, 1.54) is 42.5 Å². The highest BCUT2D eigenvalue weighted by atomic mass is 32.2. The molecule has 0 aliphatic heterocycles. The van der Waals surface area contributed by atoms with Crippen LogP contribution in [-0.2, 0) is 16.6 Å². The number of hydrogen-bond donors (Lipinski definition) is 2. The number of benzene rings is 2. The predicted molar refractivity (Wildman–Crippen MR) is 111 cm³/mol. The van der Waals surface area contributed by atoms with Crippen LogP contribution in [0.15, 0.2) is 58.8 Å². The number of para-hydroxylation sites is 1. The number of aromatic nitrogens is 1. The fourth-order valence-electron chi connectivity index (χ4n) is 2.48. The molecule has 1 aromatic heterocycles. The van der Waals surface area contributed by atoms with E-state index in [2.05, 4.69) is 28.9 Å². The lowest BCUT2D eigenvalue weighted by Crippen LogP contribution is -2.23. The number of anilines is 1. The SMILES string of the molecule is CC(C)c1nc(CNC(=O)c2ccc(S(=O)(=O)Nc3ccccc3F)cc2)cs1. The van der Waals surface area contributed by atoms with Crippen LogP contribution in [0.2, 0.25) is 0 Å². The summed E-state index contributed by atoms with van der Waals surface area (Å²) in [5.41, 5.74) is 0.952. The lowest BCUT2D eigenvalue weighted by molar-refractivity contribution is 0.0950. The van der Waals surface area contributed by atoms with Gasteiger partial charge in [0.05, 0.1) is 27.8 Å². The average molecular weight is 434 g/mol. The summed E-state index contributed by atoms with van der Waals surface area (Å²) in [7, 11) is -3.97. The first-order valence-electron chi connectivity index (χ1n) is 8.86. The molecule has 0 unspecified atom stereocenters. The van der Waals surface area contributed by atoms with Crippen molar-refractivity contribution in [3.05, 3.63) is 76.0 Å². The first kappa shape index (κ1) is 20.9. The number of halogens is 1. The number of sulfonamides is 1. The van der Waals surface area contributed by atoms with E-state index in [1.807, 2.05) is 5.38 Å². The van der Waals surface area contributed by atoms with Gasteiger partial charge in [-0.25, -0.2) is 17.8 Å². The predicted octanol–water partition coefficient (Wildman–Crippen LogP) is 4.14. The van der Waals surface area contributed by atoms with E-state index in [-0.39, 0.29) is 23.0 Å². The largest absolute Gasteiger partial charge is 0.346 e. The third-order valence-electron chi connectivity index (χ3n) is 4.04. The first-order chi connectivity index (χ1) is 13.8. The maximum Gasteiger partial charge on any atom is 0.261 e. The molecule has 9 heteroatoms. The van der Waals surface area contributed by atoms with E-state index >= 15 is 0 Å². The minimum Gasteiger partial charge on any atom is -0.346 e. The molecule has 0 fully saturated rings. The van der Waals surface area contributed by atoms with Gasteiger partial charge in [-0.15, -0.1) is 11.3 Å². The first-order valence-corrected chi connectivity index (χ1v) is 11.2. The number of amides is 1. The van der Waals surface area contributed by atoms with Crippen LogP contribution in [0.5, 0.6) is 0 Å². The van der Waals surface area contributed by atoms with Crippen molar-refractivity contribution >= 4 is 33.0 Å². The molecule has 2 N–H and O–H groups in total. The zero-order valence-corrected chi connectivity index (χ0v) is 17.5. The van der Waals surface area contributed by atoms with Gasteiger partial charge in [-0.1, -0.05) is 26.0 Å². The van der Waals surface area contributed by atoms with Gasteiger partial charge in [-0.05, 0) is 36.4 Å². The highest BCUT2D eigenvalue weighted by molar-refractivity contribution is 7.92. The molecule has 0 spiro atoms. The normalized spacial score (nSPS) is 11.4. The van der Waals surface area contributed by atoms with Gasteiger partial charge < -0.3 is 5.32 Å². The Morgan fingerprint density at radius 3 is 2.45 bits per heavy atom. The maximum atomic E-state index is 13.7. The Hall–Kier alpha value is -2.78. The van der Waals surface area contributed by atoms with Crippen LogP contribution in [0.25, 0.3) is 0 Å². The molecule has 6 nitrogen and oxygen atoms in total. The van der Waals surface area contributed by atoms with Crippen molar-refractivity contribution in [2.45, 2.75) is 31.2 Å². The fourth-order valence-corrected chi connectivity index (χ4v) is 4.38. The molecule has 0 atom stereocenters. The van der Waals surface area contributed by atoms with Crippen molar-refractivity contribution in [3.8, 4) is 0 Å². The molecule has 0 aliphatic carbocycles. The van der Waals surface area contributed by atoms with E-state index in [0.717, 1.165) is 16.8 Å². The van der Waals surface area contributed by atoms with Gasteiger partial charge in [0.25, 0.3) is 15.9 Å². The van der Waals surface area contributed by atoms with Gasteiger partial charge in [-0.3, -0.25) is 9.52 Å². The number of hydrogen-bond acceptors (Lipinski definition) is 5. The third-order valence-corrected chi connectivity index (χ3v) is 6.61. The number of carbonyl (C=O) groups excluding carboxylic acids is 1.